The largest absolute Gasteiger partial charge is 0.497 e. The summed E-state index contributed by atoms with van der Waals surface area (Å²) in [5.74, 6) is 1.66. The number of fused-ring (bicyclic) bond motifs is 2. The van der Waals surface area contributed by atoms with Crippen LogP contribution in [0.1, 0.15) is 20.3 Å². The molecule has 2 aromatic carbocycles. The summed E-state index contributed by atoms with van der Waals surface area (Å²) in [4.78, 5) is 4.64. The number of anilines is 2. The van der Waals surface area contributed by atoms with E-state index >= 15 is 0 Å². The third kappa shape index (κ3) is 5.50. The van der Waals surface area contributed by atoms with E-state index in [4.69, 9.17) is 33.9 Å². The average Bonchev–Trinajstić information content (AvgIpc) is 2.78. The van der Waals surface area contributed by atoms with Crippen LogP contribution in [0.5, 0.6) is 11.5 Å². The number of piperidine rings is 2. The summed E-state index contributed by atoms with van der Waals surface area (Å²) in [5, 5.41) is 8.34. The van der Waals surface area contributed by atoms with Crippen molar-refractivity contribution < 1.29 is 9.47 Å². The van der Waals surface area contributed by atoms with Gasteiger partial charge in [0.25, 0.3) is 0 Å². The van der Waals surface area contributed by atoms with Gasteiger partial charge in [-0.15, -0.1) is 0 Å². The highest BCUT2D eigenvalue weighted by atomic mass is 32.1. The topological polar surface area (TPSA) is 49.0 Å². The number of nitrogens with zero attached hydrogens (tertiary/aromatic N) is 2. The molecule has 0 aromatic heterocycles. The molecule has 0 atom stereocenters. The number of benzene rings is 2. The number of hydrogen-bond acceptors (Lipinski definition) is 4. The Kier molecular flexibility index (Phi) is 6.68. The third-order valence-corrected chi connectivity index (χ3v) is 7.12. The number of hydrogen-bond donors (Lipinski definition) is 2. The highest BCUT2D eigenvalue weighted by Gasteiger charge is 2.49. The van der Waals surface area contributed by atoms with Gasteiger partial charge in [-0.1, -0.05) is 13.8 Å². The summed E-state index contributed by atoms with van der Waals surface area (Å²) in [7, 11) is 3.34. The van der Waals surface area contributed by atoms with E-state index in [1.54, 1.807) is 14.2 Å². The molecule has 176 valence electrons. The van der Waals surface area contributed by atoms with Crippen molar-refractivity contribution in [2.45, 2.75) is 20.3 Å². The molecule has 0 saturated carbocycles. The lowest BCUT2D eigenvalue weighted by molar-refractivity contribution is -0.0261. The van der Waals surface area contributed by atoms with Gasteiger partial charge in [0.05, 0.1) is 14.2 Å². The summed E-state index contributed by atoms with van der Waals surface area (Å²) >= 11 is 11.6. The Morgan fingerprint density at radius 2 is 1.03 bits per heavy atom. The molecule has 2 aliphatic heterocycles. The molecular weight excluding hydrogens is 452 g/mol. The van der Waals surface area contributed by atoms with Gasteiger partial charge in [-0.05, 0) is 79.4 Å². The second kappa shape index (κ2) is 9.35. The molecule has 2 aliphatic rings. The number of ether oxygens (including phenoxy) is 2. The van der Waals surface area contributed by atoms with E-state index in [0.717, 1.165) is 65.7 Å². The van der Waals surface area contributed by atoms with Gasteiger partial charge in [0, 0.05) is 48.4 Å². The first-order chi connectivity index (χ1) is 15.7. The van der Waals surface area contributed by atoms with Crippen molar-refractivity contribution in [3.8, 4) is 11.5 Å². The van der Waals surface area contributed by atoms with Crippen molar-refractivity contribution in [3.63, 3.8) is 0 Å². The fourth-order valence-electron chi connectivity index (χ4n) is 5.35. The lowest BCUT2D eigenvalue weighted by Gasteiger charge is -2.57. The summed E-state index contributed by atoms with van der Waals surface area (Å²) in [6.45, 7) is 8.27. The number of thiocarbonyl (C=S) groups is 2. The van der Waals surface area contributed by atoms with E-state index in [-0.39, 0.29) is 10.8 Å². The normalized spacial score (nSPS) is 24.1. The summed E-state index contributed by atoms with van der Waals surface area (Å²) in [6.07, 6.45) is 1.16. The monoisotopic (exact) mass is 484 g/mol. The van der Waals surface area contributed by atoms with Crippen LogP contribution in [0.25, 0.3) is 0 Å². The fourth-order valence-corrected chi connectivity index (χ4v) is 5.84. The molecule has 0 radical (unpaired) electrons. The predicted octanol–water partition coefficient (Wildman–Crippen LogP) is 4.83. The molecule has 0 spiro atoms. The maximum Gasteiger partial charge on any atom is 0.173 e. The fraction of sp³-hybridized carbons (Fsp3) is 0.440. The predicted molar refractivity (Wildman–Crippen MR) is 142 cm³/mol. The van der Waals surface area contributed by atoms with Crippen molar-refractivity contribution in [1.82, 2.24) is 9.80 Å². The SMILES string of the molecule is COc1ccc(NC(=S)N2CC3(C)CN(C(=S)Nc4ccc(OC)cc4)CC(C)(C2)C3)cc1. The Morgan fingerprint density at radius 1 is 0.697 bits per heavy atom. The minimum atomic E-state index is 0.0859. The highest BCUT2D eigenvalue weighted by Crippen LogP contribution is 2.45. The van der Waals surface area contributed by atoms with Crippen LogP contribution < -0.4 is 20.1 Å². The van der Waals surface area contributed by atoms with Gasteiger partial charge in [0.2, 0.25) is 0 Å². The Balaban J connectivity index is 1.41. The minimum absolute atomic E-state index is 0.0859. The molecule has 2 saturated heterocycles. The maximum absolute atomic E-state index is 5.80. The molecule has 0 unspecified atom stereocenters. The van der Waals surface area contributed by atoms with E-state index in [1.807, 2.05) is 48.5 Å². The van der Waals surface area contributed by atoms with Gasteiger partial charge < -0.3 is 29.9 Å². The zero-order valence-corrected chi connectivity index (χ0v) is 21.3. The Labute approximate surface area is 207 Å². The quantitative estimate of drug-likeness (QED) is 0.599. The molecule has 2 aromatic rings. The molecule has 6 nitrogen and oxygen atoms in total. The molecule has 2 bridgehead atoms. The summed E-state index contributed by atoms with van der Waals surface area (Å²) < 4.78 is 10.5. The van der Waals surface area contributed by atoms with E-state index < -0.39 is 0 Å². The van der Waals surface area contributed by atoms with Crippen molar-refractivity contribution >= 4 is 46.0 Å². The van der Waals surface area contributed by atoms with E-state index in [1.165, 1.54) is 0 Å². The van der Waals surface area contributed by atoms with Crippen LogP contribution in [0.15, 0.2) is 48.5 Å². The van der Waals surface area contributed by atoms with Crippen LogP contribution >= 0.6 is 24.4 Å². The molecular formula is C25H32N4O2S2. The molecule has 2 N–H and O–H groups in total. The Bertz CT molecular complexity index is 917. The first kappa shape index (κ1) is 23.6. The first-order valence-corrected chi connectivity index (χ1v) is 11.9. The third-order valence-electron chi connectivity index (χ3n) is 6.40. The Morgan fingerprint density at radius 3 is 1.33 bits per heavy atom. The van der Waals surface area contributed by atoms with E-state index in [0.29, 0.717) is 0 Å². The van der Waals surface area contributed by atoms with Crippen LogP contribution in [0.2, 0.25) is 0 Å². The average molecular weight is 485 g/mol. The van der Waals surface area contributed by atoms with Crippen LogP contribution in [-0.4, -0.2) is 60.4 Å². The summed E-state index contributed by atoms with van der Waals surface area (Å²) in [6, 6.07) is 15.7. The van der Waals surface area contributed by atoms with Gasteiger partial charge in [-0.3, -0.25) is 0 Å². The van der Waals surface area contributed by atoms with Crippen LogP contribution in [0.4, 0.5) is 11.4 Å². The van der Waals surface area contributed by atoms with Gasteiger partial charge in [0.1, 0.15) is 11.5 Å². The van der Waals surface area contributed by atoms with Gasteiger partial charge in [-0.25, -0.2) is 0 Å². The second-order valence-electron chi connectivity index (χ2n) is 9.83. The zero-order chi connectivity index (χ0) is 23.6. The lowest BCUT2D eigenvalue weighted by atomic mass is 9.65. The molecule has 2 fully saturated rings. The molecule has 2 heterocycles. The lowest BCUT2D eigenvalue weighted by Crippen LogP contribution is -2.64. The molecule has 0 aliphatic carbocycles. The smallest absolute Gasteiger partial charge is 0.173 e. The van der Waals surface area contributed by atoms with Gasteiger partial charge in [-0.2, -0.15) is 0 Å². The number of nitrogens with one attached hydrogen (secondary N) is 2. The maximum atomic E-state index is 5.80. The highest BCUT2D eigenvalue weighted by molar-refractivity contribution is 7.80. The Hall–Kier alpha value is -2.58. The van der Waals surface area contributed by atoms with Gasteiger partial charge >= 0.3 is 0 Å². The van der Waals surface area contributed by atoms with Crippen LogP contribution in [0.3, 0.4) is 0 Å². The number of methoxy groups -OCH3 is 2. The first-order valence-electron chi connectivity index (χ1n) is 11.1. The second-order valence-corrected chi connectivity index (χ2v) is 10.6. The van der Waals surface area contributed by atoms with Gasteiger partial charge in [0.15, 0.2) is 10.2 Å². The van der Waals surface area contributed by atoms with Crippen molar-refractivity contribution in [1.29, 1.82) is 0 Å². The van der Waals surface area contributed by atoms with E-state index in [2.05, 4.69) is 34.3 Å². The molecule has 8 heteroatoms. The van der Waals surface area contributed by atoms with Crippen molar-refractivity contribution in [2.24, 2.45) is 10.8 Å². The van der Waals surface area contributed by atoms with E-state index in [9.17, 15) is 0 Å². The van der Waals surface area contributed by atoms with Crippen molar-refractivity contribution in [2.75, 3.05) is 51.0 Å². The number of likely N-dealkylation sites (tertiary alicyclic amines) is 2. The standard InChI is InChI=1S/C25H32N4O2S2/c1-24-13-25(2,16-28(14-24)22(32)26-18-5-9-20(30-3)10-6-18)17-29(15-24)23(33)27-19-7-11-21(31-4)12-8-19/h5-12H,13-17H2,1-4H3,(H,26,32)(H,27,33). The molecule has 33 heavy (non-hydrogen) atoms. The summed E-state index contributed by atoms with van der Waals surface area (Å²) in [5.41, 5.74) is 2.11. The van der Waals surface area contributed by atoms with Crippen molar-refractivity contribution in [3.05, 3.63) is 48.5 Å². The zero-order valence-electron chi connectivity index (χ0n) is 19.7. The molecule has 4 rings (SSSR count). The molecule has 0 amide bonds. The number of rotatable bonds is 4. The minimum Gasteiger partial charge on any atom is -0.497 e. The van der Waals surface area contributed by atoms with Crippen LogP contribution in [-0.2, 0) is 0 Å². The van der Waals surface area contributed by atoms with Crippen LogP contribution in [0, 0.1) is 10.8 Å².